The molecule has 0 aliphatic carbocycles. The molecule has 0 aromatic heterocycles. The zero-order chi connectivity index (χ0) is 17.3. The molecule has 2 nitrogen and oxygen atoms in total. The second kappa shape index (κ2) is 6.44. The molecule has 2 aromatic carbocycles. The lowest BCUT2D eigenvalue weighted by Crippen LogP contribution is -2.32. The number of carbonyl (C=O) groups is 1. The van der Waals surface area contributed by atoms with E-state index in [1.54, 1.807) is 12.1 Å². The van der Waals surface area contributed by atoms with Crippen LogP contribution in [0, 0.1) is 11.7 Å². The molecule has 4 heteroatoms. The summed E-state index contributed by atoms with van der Waals surface area (Å²) in [5.74, 6) is -0.918. The van der Waals surface area contributed by atoms with Crippen molar-refractivity contribution in [3.63, 3.8) is 0 Å². The number of hydrogen-bond donors (Lipinski definition) is 1. The third-order valence-corrected chi connectivity index (χ3v) is 6.25. The predicted octanol–water partition coefficient (Wildman–Crippen LogP) is 4.96. The Bertz CT molecular complexity index is 768. The molecule has 2 aromatic rings. The molecule has 2 unspecified atom stereocenters. The standard InChI is InChI=1S/C20H19FO2S/c1-13(2)18-12-17(14-8-10-16(21)11-9-14)20(24-18,19(22)23)15-6-4-3-5-7-15/h3-13,18H,1-2H3,(H,22,23). The average molecular weight is 342 g/mol. The van der Waals surface area contributed by atoms with Gasteiger partial charge in [-0.25, -0.2) is 9.18 Å². The minimum atomic E-state index is -1.17. The molecule has 1 aliphatic rings. The van der Waals surface area contributed by atoms with E-state index < -0.39 is 10.7 Å². The maximum absolute atomic E-state index is 13.3. The van der Waals surface area contributed by atoms with Gasteiger partial charge in [0, 0.05) is 5.25 Å². The van der Waals surface area contributed by atoms with E-state index >= 15 is 0 Å². The second-order valence-corrected chi connectivity index (χ2v) is 7.66. The topological polar surface area (TPSA) is 37.3 Å². The number of rotatable bonds is 4. The fraction of sp³-hybridized carbons (Fsp3) is 0.250. The Morgan fingerprint density at radius 3 is 2.29 bits per heavy atom. The molecule has 0 radical (unpaired) electrons. The Hall–Kier alpha value is -2.07. The summed E-state index contributed by atoms with van der Waals surface area (Å²) in [6.45, 7) is 4.17. The molecule has 0 spiro atoms. The van der Waals surface area contributed by atoms with Crippen LogP contribution in [0.1, 0.15) is 25.0 Å². The van der Waals surface area contributed by atoms with Gasteiger partial charge in [0.05, 0.1) is 0 Å². The number of carboxylic acid groups (broad SMARTS) is 1. The summed E-state index contributed by atoms with van der Waals surface area (Å²) in [7, 11) is 0. The summed E-state index contributed by atoms with van der Waals surface area (Å²) >= 11 is 1.45. The number of halogens is 1. The summed E-state index contributed by atoms with van der Waals surface area (Å²) in [6.07, 6.45) is 2.03. The van der Waals surface area contributed by atoms with Crippen LogP contribution in [-0.2, 0) is 9.54 Å². The van der Waals surface area contributed by atoms with Gasteiger partial charge in [-0.3, -0.25) is 0 Å². The highest BCUT2D eigenvalue weighted by molar-refractivity contribution is 8.02. The second-order valence-electron chi connectivity index (χ2n) is 6.27. The van der Waals surface area contributed by atoms with Crippen molar-refractivity contribution in [1.82, 2.24) is 0 Å². The SMILES string of the molecule is CC(C)C1C=C(c2ccc(F)cc2)C(C(=O)O)(c2ccccc2)S1. The fourth-order valence-corrected chi connectivity index (χ4v) is 4.60. The van der Waals surface area contributed by atoms with Gasteiger partial charge in [-0.15, -0.1) is 11.8 Å². The van der Waals surface area contributed by atoms with E-state index in [1.807, 2.05) is 36.4 Å². The van der Waals surface area contributed by atoms with Gasteiger partial charge in [0.1, 0.15) is 5.82 Å². The van der Waals surface area contributed by atoms with Gasteiger partial charge >= 0.3 is 5.97 Å². The molecule has 1 N–H and O–H groups in total. The Balaban J connectivity index is 2.21. The first-order chi connectivity index (χ1) is 11.4. The van der Waals surface area contributed by atoms with Crippen molar-refractivity contribution >= 4 is 23.3 Å². The Kier molecular flexibility index (Phi) is 4.50. The van der Waals surface area contributed by atoms with E-state index in [9.17, 15) is 14.3 Å². The van der Waals surface area contributed by atoms with Crippen molar-refractivity contribution in [2.45, 2.75) is 23.8 Å². The van der Waals surface area contributed by atoms with Crippen molar-refractivity contribution in [3.05, 3.63) is 77.6 Å². The smallest absolute Gasteiger partial charge is 0.328 e. The molecule has 0 amide bonds. The highest BCUT2D eigenvalue weighted by Crippen LogP contribution is 2.56. The molecule has 1 aliphatic heterocycles. The van der Waals surface area contributed by atoms with Gasteiger partial charge in [0.15, 0.2) is 4.75 Å². The number of hydrogen-bond acceptors (Lipinski definition) is 2. The van der Waals surface area contributed by atoms with Crippen LogP contribution in [0.5, 0.6) is 0 Å². The van der Waals surface area contributed by atoms with Gasteiger partial charge in [0.25, 0.3) is 0 Å². The highest BCUT2D eigenvalue weighted by atomic mass is 32.2. The van der Waals surface area contributed by atoms with Crippen molar-refractivity contribution in [2.75, 3.05) is 0 Å². The zero-order valence-electron chi connectivity index (χ0n) is 13.6. The lowest BCUT2D eigenvalue weighted by Gasteiger charge is -2.29. The summed E-state index contributed by atoms with van der Waals surface area (Å²) < 4.78 is 12.1. The fourth-order valence-electron chi connectivity index (χ4n) is 3.03. The first-order valence-electron chi connectivity index (χ1n) is 7.90. The number of aliphatic carboxylic acids is 1. The highest BCUT2D eigenvalue weighted by Gasteiger charge is 2.51. The van der Waals surface area contributed by atoms with Gasteiger partial charge in [-0.05, 0) is 34.8 Å². The Labute approximate surface area is 145 Å². The number of carboxylic acids is 1. The van der Waals surface area contributed by atoms with Crippen LogP contribution in [0.2, 0.25) is 0 Å². The summed E-state index contributed by atoms with van der Waals surface area (Å²) in [5.41, 5.74) is 2.21. The van der Waals surface area contributed by atoms with E-state index in [-0.39, 0.29) is 11.1 Å². The van der Waals surface area contributed by atoms with E-state index in [0.717, 1.165) is 16.7 Å². The molecule has 124 valence electrons. The van der Waals surface area contributed by atoms with Crippen LogP contribution in [-0.4, -0.2) is 16.3 Å². The maximum Gasteiger partial charge on any atom is 0.328 e. The summed E-state index contributed by atoms with van der Waals surface area (Å²) in [5, 5.41) is 10.3. The van der Waals surface area contributed by atoms with Crippen molar-refractivity contribution < 1.29 is 14.3 Å². The van der Waals surface area contributed by atoms with Crippen LogP contribution in [0.3, 0.4) is 0 Å². The molecular weight excluding hydrogens is 323 g/mol. The lowest BCUT2D eigenvalue weighted by atomic mass is 9.85. The molecule has 0 bridgehead atoms. The number of thioether (sulfide) groups is 1. The van der Waals surface area contributed by atoms with Crippen LogP contribution < -0.4 is 0 Å². The monoisotopic (exact) mass is 342 g/mol. The van der Waals surface area contributed by atoms with E-state index in [0.29, 0.717) is 5.92 Å². The van der Waals surface area contributed by atoms with Gasteiger partial charge in [0.2, 0.25) is 0 Å². The molecule has 3 rings (SSSR count). The average Bonchev–Trinajstić information content (AvgIpc) is 2.98. The maximum atomic E-state index is 13.3. The molecule has 1 heterocycles. The largest absolute Gasteiger partial charge is 0.480 e. The third-order valence-electron chi connectivity index (χ3n) is 4.32. The van der Waals surface area contributed by atoms with Gasteiger partial charge < -0.3 is 5.11 Å². The van der Waals surface area contributed by atoms with E-state index in [4.69, 9.17) is 0 Å². The molecule has 0 saturated carbocycles. The zero-order valence-corrected chi connectivity index (χ0v) is 14.4. The summed E-state index contributed by atoms with van der Waals surface area (Å²) in [6, 6.07) is 15.3. The minimum absolute atomic E-state index is 0.0846. The van der Waals surface area contributed by atoms with Crippen LogP contribution in [0.4, 0.5) is 4.39 Å². The Morgan fingerprint density at radius 1 is 1.12 bits per heavy atom. The first-order valence-corrected chi connectivity index (χ1v) is 8.78. The molecule has 0 fully saturated rings. The Morgan fingerprint density at radius 2 is 1.75 bits per heavy atom. The van der Waals surface area contributed by atoms with Gasteiger partial charge in [-0.2, -0.15) is 0 Å². The molecule has 24 heavy (non-hydrogen) atoms. The quantitative estimate of drug-likeness (QED) is 0.853. The minimum Gasteiger partial charge on any atom is -0.480 e. The number of benzene rings is 2. The summed E-state index contributed by atoms with van der Waals surface area (Å²) in [4.78, 5) is 12.4. The molecular formula is C20H19FO2S. The van der Waals surface area contributed by atoms with E-state index in [2.05, 4.69) is 13.8 Å². The van der Waals surface area contributed by atoms with Crippen molar-refractivity contribution in [1.29, 1.82) is 0 Å². The van der Waals surface area contributed by atoms with Crippen LogP contribution in [0.15, 0.2) is 60.7 Å². The molecule has 0 saturated heterocycles. The van der Waals surface area contributed by atoms with Crippen LogP contribution >= 0.6 is 11.8 Å². The van der Waals surface area contributed by atoms with Crippen LogP contribution in [0.25, 0.3) is 5.57 Å². The predicted molar refractivity (Wildman–Crippen MR) is 96.3 cm³/mol. The van der Waals surface area contributed by atoms with Crippen molar-refractivity contribution in [3.8, 4) is 0 Å². The van der Waals surface area contributed by atoms with Gasteiger partial charge in [-0.1, -0.05) is 62.4 Å². The van der Waals surface area contributed by atoms with Crippen molar-refractivity contribution in [2.24, 2.45) is 5.92 Å². The lowest BCUT2D eigenvalue weighted by molar-refractivity contribution is -0.138. The normalized spacial score (nSPS) is 23.3. The first kappa shape index (κ1) is 16.8. The molecule has 2 atom stereocenters. The third kappa shape index (κ3) is 2.75. The van der Waals surface area contributed by atoms with E-state index in [1.165, 1.54) is 23.9 Å².